The molecule has 0 radical (unpaired) electrons. The highest BCUT2D eigenvalue weighted by Gasteiger charge is 2.20. The first-order chi connectivity index (χ1) is 15.6. The maximum atomic E-state index is 12.8. The molecule has 1 fully saturated rings. The smallest absolute Gasteiger partial charge is 0.388 e. The summed E-state index contributed by atoms with van der Waals surface area (Å²) in [6.07, 6.45) is 7.82. The topological polar surface area (TPSA) is 111 Å². The Bertz CT molecular complexity index is 1060. The van der Waals surface area contributed by atoms with Gasteiger partial charge in [0, 0.05) is 31.7 Å². The van der Waals surface area contributed by atoms with E-state index in [0.717, 1.165) is 18.4 Å². The molecule has 1 amide bonds. The van der Waals surface area contributed by atoms with Crippen LogP contribution >= 0.6 is 0 Å². The molecule has 4 heterocycles. The molecule has 166 valence electrons. The fraction of sp³-hybridized carbons (Fsp3) is 0.286. The molecule has 11 heteroatoms. The summed E-state index contributed by atoms with van der Waals surface area (Å²) in [5.41, 5.74) is 2.24. The summed E-state index contributed by atoms with van der Waals surface area (Å²) >= 11 is 0. The molecule has 0 bridgehead atoms. The fourth-order valence-corrected chi connectivity index (χ4v) is 3.35. The highest BCUT2D eigenvalue weighted by atomic mass is 19.3. The van der Waals surface area contributed by atoms with Gasteiger partial charge < -0.3 is 20.1 Å². The van der Waals surface area contributed by atoms with Crippen molar-refractivity contribution in [1.29, 1.82) is 0 Å². The molecule has 32 heavy (non-hydrogen) atoms. The maximum Gasteiger partial charge on any atom is 0.388 e. The standard InChI is InChI=1S/C21H20F2N6O3/c22-20(23)32-18-2-1-14(11-26-18)27-21-25-8-4-16(29-21)19(30)28-17-12-24-7-3-15(17)13-5-9-31-10-6-13/h1-4,7-8,11-13,20H,5-6,9-10H2,(H,28,30)(H,25,27,29). The second-order valence-corrected chi connectivity index (χ2v) is 6.96. The van der Waals surface area contributed by atoms with Crippen LogP contribution in [0.25, 0.3) is 0 Å². The first-order valence-corrected chi connectivity index (χ1v) is 9.92. The third-order valence-corrected chi connectivity index (χ3v) is 4.85. The summed E-state index contributed by atoms with van der Waals surface area (Å²) in [7, 11) is 0. The number of rotatable bonds is 7. The minimum atomic E-state index is -2.95. The van der Waals surface area contributed by atoms with Gasteiger partial charge in [-0.2, -0.15) is 8.78 Å². The van der Waals surface area contributed by atoms with Gasteiger partial charge in [-0.3, -0.25) is 9.78 Å². The van der Waals surface area contributed by atoms with Crippen molar-refractivity contribution in [1.82, 2.24) is 19.9 Å². The van der Waals surface area contributed by atoms with E-state index in [4.69, 9.17) is 4.74 Å². The number of carbonyl (C=O) groups excluding carboxylic acids is 1. The van der Waals surface area contributed by atoms with E-state index in [0.29, 0.717) is 24.6 Å². The minimum Gasteiger partial charge on any atom is -0.417 e. The molecule has 4 rings (SSSR count). The van der Waals surface area contributed by atoms with Crippen LogP contribution in [0.3, 0.4) is 0 Å². The predicted octanol–water partition coefficient (Wildman–Crippen LogP) is 3.76. The van der Waals surface area contributed by atoms with Crippen molar-refractivity contribution in [3.05, 3.63) is 60.3 Å². The molecule has 0 atom stereocenters. The third kappa shape index (κ3) is 5.49. The molecule has 0 unspecified atom stereocenters. The molecule has 0 aliphatic carbocycles. The van der Waals surface area contributed by atoms with Crippen LogP contribution in [0.1, 0.15) is 34.8 Å². The molecule has 1 aliphatic rings. The molecule has 3 aromatic heterocycles. The van der Waals surface area contributed by atoms with E-state index in [-0.39, 0.29) is 23.4 Å². The van der Waals surface area contributed by atoms with Gasteiger partial charge in [-0.1, -0.05) is 0 Å². The first-order valence-electron chi connectivity index (χ1n) is 9.92. The number of ether oxygens (including phenoxy) is 2. The Morgan fingerprint density at radius 1 is 1.09 bits per heavy atom. The highest BCUT2D eigenvalue weighted by molar-refractivity contribution is 6.03. The molecule has 0 saturated carbocycles. The predicted molar refractivity (Wildman–Crippen MR) is 111 cm³/mol. The summed E-state index contributed by atoms with van der Waals surface area (Å²) in [5, 5.41) is 5.75. The zero-order chi connectivity index (χ0) is 22.3. The number of hydrogen-bond acceptors (Lipinski definition) is 8. The van der Waals surface area contributed by atoms with Gasteiger partial charge in [0.25, 0.3) is 5.91 Å². The van der Waals surface area contributed by atoms with Crippen LogP contribution in [-0.2, 0) is 4.74 Å². The molecule has 1 saturated heterocycles. The molecule has 2 N–H and O–H groups in total. The van der Waals surface area contributed by atoms with Crippen molar-refractivity contribution in [3.8, 4) is 5.88 Å². The fourth-order valence-electron chi connectivity index (χ4n) is 3.35. The normalized spacial score (nSPS) is 14.2. The number of nitrogens with zero attached hydrogens (tertiary/aromatic N) is 4. The Morgan fingerprint density at radius 3 is 2.69 bits per heavy atom. The summed E-state index contributed by atoms with van der Waals surface area (Å²) in [6, 6.07) is 6.16. The number of anilines is 3. The molecular weight excluding hydrogens is 422 g/mol. The maximum absolute atomic E-state index is 12.8. The van der Waals surface area contributed by atoms with Crippen LogP contribution < -0.4 is 15.4 Å². The van der Waals surface area contributed by atoms with Gasteiger partial charge in [0.15, 0.2) is 0 Å². The van der Waals surface area contributed by atoms with E-state index in [1.807, 2.05) is 6.07 Å². The van der Waals surface area contributed by atoms with Crippen LogP contribution in [-0.4, -0.2) is 45.7 Å². The number of hydrogen-bond donors (Lipinski definition) is 2. The van der Waals surface area contributed by atoms with Crippen LogP contribution in [0.5, 0.6) is 5.88 Å². The van der Waals surface area contributed by atoms with E-state index in [1.165, 1.54) is 30.6 Å². The first kappa shape index (κ1) is 21.5. The number of pyridine rings is 2. The Hall–Kier alpha value is -3.73. The van der Waals surface area contributed by atoms with Crippen LogP contribution in [0, 0.1) is 0 Å². The van der Waals surface area contributed by atoms with Gasteiger partial charge in [0.2, 0.25) is 11.8 Å². The Morgan fingerprint density at radius 2 is 1.94 bits per heavy atom. The zero-order valence-electron chi connectivity index (χ0n) is 16.9. The highest BCUT2D eigenvalue weighted by Crippen LogP contribution is 2.31. The number of nitrogens with one attached hydrogen (secondary N) is 2. The number of carbonyl (C=O) groups is 1. The summed E-state index contributed by atoms with van der Waals surface area (Å²) in [4.78, 5) is 29.0. The molecule has 0 aromatic carbocycles. The average molecular weight is 442 g/mol. The van der Waals surface area contributed by atoms with Crippen molar-refractivity contribution in [2.45, 2.75) is 25.4 Å². The van der Waals surface area contributed by atoms with Crippen LogP contribution in [0.4, 0.5) is 26.1 Å². The number of halogens is 2. The third-order valence-electron chi connectivity index (χ3n) is 4.85. The van der Waals surface area contributed by atoms with Gasteiger partial charge in [-0.25, -0.2) is 15.0 Å². The second-order valence-electron chi connectivity index (χ2n) is 6.96. The summed E-state index contributed by atoms with van der Waals surface area (Å²) < 4.78 is 34.1. The Balaban J connectivity index is 1.45. The number of aromatic nitrogens is 4. The van der Waals surface area contributed by atoms with E-state index in [9.17, 15) is 13.6 Å². The molecule has 9 nitrogen and oxygen atoms in total. The zero-order valence-corrected chi connectivity index (χ0v) is 16.9. The van der Waals surface area contributed by atoms with Gasteiger partial charge in [0.05, 0.1) is 23.8 Å². The average Bonchev–Trinajstić information content (AvgIpc) is 2.81. The van der Waals surface area contributed by atoms with Crippen molar-refractivity contribution >= 4 is 23.2 Å². The van der Waals surface area contributed by atoms with Crippen molar-refractivity contribution in [2.75, 3.05) is 23.8 Å². The Kier molecular flexibility index (Phi) is 6.75. The quantitative estimate of drug-likeness (QED) is 0.569. The van der Waals surface area contributed by atoms with Gasteiger partial charge in [-0.15, -0.1) is 0 Å². The number of amides is 1. The molecular formula is C21H20F2N6O3. The lowest BCUT2D eigenvalue weighted by Crippen LogP contribution is -2.19. The van der Waals surface area contributed by atoms with Crippen molar-refractivity contribution < 1.29 is 23.0 Å². The van der Waals surface area contributed by atoms with Crippen molar-refractivity contribution in [2.24, 2.45) is 0 Å². The van der Waals surface area contributed by atoms with Crippen molar-refractivity contribution in [3.63, 3.8) is 0 Å². The minimum absolute atomic E-state index is 0.148. The van der Waals surface area contributed by atoms with Gasteiger partial charge in [-0.05, 0) is 42.5 Å². The van der Waals surface area contributed by atoms with E-state index < -0.39 is 12.5 Å². The van der Waals surface area contributed by atoms with E-state index in [1.54, 1.807) is 12.4 Å². The SMILES string of the molecule is O=C(Nc1cnccc1C1CCOCC1)c1ccnc(Nc2ccc(OC(F)F)nc2)n1. The lowest BCUT2D eigenvalue weighted by Gasteiger charge is -2.24. The van der Waals surface area contributed by atoms with E-state index >= 15 is 0 Å². The van der Waals surface area contributed by atoms with Crippen LogP contribution in [0.2, 0.25) is 0 Å². The van der Waals surface area contributed by atoms with E-state index in [2.05, 4.69) is 35.3 Å². The molecule has 0 spiro atoms. The van der Waals surface area contributed by atoms with Crippen LogP contribution in [0.15, 0.2) is 49.1 Å². The largest absolute Gasteiger partial charge is 0.417 e. The Labute approximate surface area is 182 Å². The van der Waals surface area contributed by atoms with Gasteiger partial charge >= 0.3 is 6.61 Å². The van der Waals surface area contributed by atoms with Gasteiger partial charge in [0.1, 0.15) is 5.69 Å². The monoisotopic (exact) mass is 442 g/mol. The second kappa shape index (κ2) is 10.1. The lowest BCUT2D eigenvalue weighted by molar-refractivity contribution is -0.0528. The molecule has 3 aromatic rings. The number of alkyl halides is 2. The summed E-state index contributed by atoms with van der Waals surface area (Å²) in [5.74, 6) is -0.181. The lowest BCUT2D eigenvalue weighted by atomic mass is 9.91. The summed E-state index contributed by atoms with van der Waals surface area (Å²) in [6.45, 7) is -1.58. The molecule has 1 aliphatic heterocycles.